The lowest BCUT2D eigenvalue weighted by Crippen LogP contribution is -2.47. The number of hydrogen-bond donors (Lipinski definition) is 0. The molecular formula is C8H19N3. The van der Waals surface area contributed by atoms with Gasteiger partial charge in [0, 0.05) is 26.2 Å². The van der Waals surface area contributed by atoms with Crippen molar-refractivity contribution in [2.24, 2.45) is 0 Å². The summed E-state index contributed by atoms with van der Waals surface area (Å²) in [7, 11) is 6.43. The fourth-order valence-corrected chi connectivity index (χ4v) is 1.39. The minimum absolute atomic E-state index is 1.10. The van der Waals surface area contributed by atoms with Gasteiger partial charge >= 0.3 is 0 Å². The van der Waals surface area contributed by atoms with E-state index in [1.807, 2.05) is 0 Å². The molecule has 0 amide bonds. The molecule has 0 aromatic heterocycles. The average molecular weight is 157 g/mol. The van der Waals surface area contributed by atoms with Crippen LogP contribution in [0.2, 0.25) is 0 Å². The molecule has 1 saturated heterocycles. The van der Waals surface area contributed by atoms with Crippen molar-refractivity contribution in [3.63, 3.8) is 0 Å². The summed E-state index contributed by atoms with van der Waals surface area (Å²) >= 11 is 0. The van der Waals surface area contributed by atoms with Gasteiger partial charge < -0.3 is 4.90 Å². The molecule has 0 unspecified atom stereocenters. The zero-order chi connectivity index (χ0) is 8.27. The van der Waals surface area contributed by atoms with Gasteiger partial charge in [-0.05, 0) is 21.1 Å². The Kier molecular flexibility index (Phi) is 3.30. The van der Waals surface area contributed by atoms with E-state index < -0.39 is 0 Å². The molecule has 0 aromatic carbocycles. The Morgan fingerprint density at radius 1 is 1.09 bits per heavy atom. The van der Waals surface area contributed by atoms with Gasteiger partial charge in [-0.25, -0.2) is 0 Å². The van der Waals surface area contributed by atoms with Crippen LogP contribution in [-0.4, -0.2) is 68.7 Å². The Hall–Kier alpha value is -0.120. The van der Waals surface area contributed by atoms with Crippen LogP contribution in [0.25, 0.3) is 0 Å². The molecule has 0 spiro atoms. The first-order valence-corrected chi connectivity index (χ1v) is 4.24. The predicted octanol–water partition coefficient (Wildman–Crippen LogP) is -0.247. The van der Waals surface area contributed by atoms with Crippen LogP contribution in [0.1, 0.15) is 0 Å². The van der Waals surface area contributed by atoms with E-state index in [4.69, 9.17) is 0 Å². The Balaban J connectivity index is 2.17. The third-order valence-electron chi connectivity index (χ3n) is 2.08. The molecule has 0 bridgehead atoms. The van der Waals surface area contributed by atoms with E-state index in [0.717, 1.165) is 6.67 Å². The van der Waals surface area contributed by atoms with Gasteiger partial charge in [-0.15, -0.1) is 0 Å². The summed E-state index contributed by atoms with van der Waals surface area (Å²) in [6.07, 6.45) is 0. The van der Waals surface area contributed by atoms with Gasteiger partial charge in [-0.2, -0.15) is 0 Å². The SMILES string of the molecule is CN(C)CN1CCN(C)CC1. The summed E-state index contributed by atoms with van der Waals surface area (Å²) in [5.41, 5.74) is 0. The number of rotatable bonds is 2. The van der Waals surface area contributed by atoms with E-state index in [-0.39, 0.29) is 0 Å². The molecular weight excluding hydrogens is 138 g/mol. The minimum atomic E-state index is 1.10. The zero-order valence-corrected chi connectivity index (χ0v) is 7.88. The standard InChI is InChI=1S/C8H19N3/c1-9(2)8-11-6-4-10(3)5-7-11/h4-8H2,1-3H3. The molecule has 1 fully saturated rings. The lowest BCUT2D eigenvalue weighted by Gasteiger charge is -2.33. The fraction of sp³-hybridized carbons (Fsp3) is 1.00. The molecule has 0 aromatic rings. The second-order valence-electron chi connectivity index (χ2n) is 3.64. The van der Waals surface area contributed by atoms with E-state index in [1.54, 1.807) is 0 Å². The molecule has 0 saturated carbocycles. The second-order valence-corrected chi connectivity index (χ2v) is 3.64. The third kappa shape index (κ3) is 3.18. The molecule has 0 aliphatic carbocycles. The average Bonchev–Trinajstić information content (AvgIpc) is 1.93. The van der Waals surface area contributed by atoms with E-state index in [9.17, 15) is 0 Å². The first kappa shape index (κ1) is 8.97. The normalized spacial score (nSPS) is 22.9. The van der Waals surface area contributed by atoms with Gasteiger partial charge in [0.25, 0.3) is 0 Å². The van der Waals surface area contributed by atoms with Crippen molar-refractivity contribution in [2.45, 2.75) is 0 Å². The number of hydrogen-bond acceptors (Lipinski definition) is 3. The quantitative estimate of drug-likeness (QED) is 0.547. The Morgan fingerprint density at radius 2 is 1.64 bits per heavy atom. The zero-order valence-electron chi connectivity index (χ0n) is 7.88. The van der Waals surface area contributed by atoms with E-state index >= 15 is 0 Å². The number of likely N-dealkylation sites (N-methyl/N-ethyl adjacent to an activating group) is 1. The van der Waals surface area contributed by atoms with Crippen molar-refractivity contribution in [1.29, 1.82) is 0 Å². The third-order valence-corrected chi connectivity index (χ3v) is 2.08. The second kappa shape index (κ2) is 4.04. The number of nitrogens with zero attached hydrogens (tertiary/aromatic N) is 3. The Morgan fingerprint density at radius 3 is 2.09 bits per heavy atom. The van der Waals surface area contributed by atoms with Crippen LogP contribution in [0.3, 0.4) is 0 Å². The molecule has 3 heteroatoms. The largest absolute Gasteiger partial charge is 0.304 e. The van der Waals surface area contributed by atoms with Gasteiger partial charge in [-0.3, -0.25) is 9.80 Å². The molecule has 0 radical (unpaired) electrons. The van der Waals surface area contributed by atoms with Crippen LogP contribution in [-0.2, 0) is 0 Å². The maximum absolute atomic E-state index is 2.49. The lowest BCUT2D eigenvalue weighted by molar-refractivity contribution is 0.108. The predicted molar refractivity (Wildman–Crippen MR) is 47.6 cm³/mol. The highest BCUT2D eigenvalue weighted by Gasteiger charge is 2.13. The highest BCUT2D eigenvalue weighted by molar-refractivity contribution is 4.67. The van der Waals surface area contributed by atoms with Crippen molar-refractivity contribution in [3.8, 4) is 0 Å². The highest BCUT2D eigenvalue weighted by atomic mass is 15.3. The van der Waals surface area contributed by atoms with Gasteiger partial charge in [-0.1, -0.05) is 0 Å². The molecule has 1 rings (SSSR count). The van der Waals surface area contributed by atoms with E-state index in [2.05, 4.69) is 35.8 Å². The van der Waals surface area contributed by atoms with Gasteiger partial charge in [0.15, 0.2) is 0 Å². The van der Waals surface area contributed by atoms with Crippen molar-refractivity contribution in [3.05, 3.63) is 0 Å². The van der Waals surface area contributed by atoms with Crippen molar-refractivity contribution in [2.75, 3.05) is 54.0 Å². The molecule has 3 nitrogen and oxygen atoms in total. The summed E-state index contributed by atoms with van der Waals surface area (Å²) in [4.78, 5) is 7.09. The van der Waals surface area contributed by atoms with Crippen LogP contribution in [0.15, 0.2) is 0 Å². The molecule has 1 aliphatic rings. The van der Waals surface area contributed by atoms with E-state index in [1.165, 1.54) is 26.2 Å². The maximum atomic E-state index is 2.49. The van der Waals surface area contributed by atoms with Gasteiger partial charge in [0.05, 0.1) is 6.67 Å². The first-order valence-electron chi connectivity index (χ1n) is 4.24. The molecule has 0 N–H and O–H groups in total. The van der Waals surface area contributed by atoms with Gasteiger partial charge in [0.2, 0.25) is 0 Å². The van der Waals surface area contributed by atoms with Crippen LogP contribution < -0.4 is 0 Å². The van der Waals surface area contributed by atoms with Crippen LogP contribution >= 0.6 is 0 Å². The maximum Gasteiger partial charge on any atom is 0.0501 e. The molecule has 1 heterocycles. The van der Waals surface area contributed by atoms with Gasteiger partial charge in [0.1, 0.15) is 0 Å². The highest BCUT2D eigenvalue weighted by Crippen LogP contribution is 1.98. The molecule has 0 atom stereocenters. The fourth-order valence-electron chi connectivity index (χ4n) is 1.39. The summed E-state index contributed by atoms with van der Waals surface area (Å²) < 4.78 is 0. The Bertz CT molecular complexity index is 106. The van der Waals surface area contributed by atoms with Crippen LogP contribution in [0.5, 0.6) is 0 Å². The van der Waals surface area contributed by atoms with Crippen molar-refractivity contribution in [1.82, 2.24) is 14.7 Å². The van der Waals surface area contributed by atoms with Crippen LogP contribution in [0, 0.1) is 0 Å². The smallest absolute Gasteiger partial charge is 0.0501 e. The van der Waals surface area contributed by atoms with Crippen LogP contribution in [0.4, 0.5) is 0 Å². The first-order chi connectivity index (χ1) is 5.18. The summed E-state index contributed by atoms with van der Waals surface area (Å²) in [6.45, 7) is 5.97. The van der Waals surface area contributed by atoms with Crippen molar-refractivity contribution < 1.29 is 0 Å². The molecule has 11 heavy (non-hydrogen) atoms. The summed E-state index contributed by atoms with van der Waals surface area (Å²) in [5.74, 6) is 0. The monoisotopic (exact) mass is 157 g/mol. The molecule has 66 valence electrons. The summed E-state index contributed by atoms with van der Waals surface area (Å²) in [5, 5.41) is 0. The lowest BCUT2D eigenvalue weighted by atomic mass is 10.3. The topological polar surface area (TPSA) is 9.72 Å². The Labute approximate surface area is 69.6 Å². The summed E-state index contributed by atoms with van der Waals surface area (Å²) in [6, 6.07) is 0. The minimum Gasteiger partial charge on any atom is -0.304 e. The number of piperazine rings is 1. The van der Waals surface area contributed by atoms with E-state index in [0.29, 0.717) is 0 Å². The molecule has 1 aliphatic heterocycles. The van der Waals surface area contributed by atoms with Crippen molar-refractivity contribution >= 4 is 0 Å².